The minimum absolute atomic E-state index is 0.257. The number of hydrogen-bond acceptors (Lipinski definition) is 2. The summed E-state index contributed by atoms with van der Waals surface area (Å²) >= 11 is 0. The van der Waals surface area contributed by atoms with Crippen molar-refractivity contribution in [3.8, 4) is 0 Å². The second kappa shape index (κ2) is 4.78. The Balaban J connectivity index is 2.41. The summed E-state index contributed by atoms with van der Waals surface area (Å²) in [5.74, 6) is -0.226. The maximum Gasteiger partial charge on any atom is 0.307 e. The van der Waals surface area contributed by atoms with Crippen LogP contribution in [-0.4, -0.2) is 35.6 Å². The molecule has 3 nitrogen and oxygen atoms in total. The van der Waals surface area contributed by atoms with E-state index < -0.39 is 5.97 Å². The van der Waals surface area contributed by atoms with Crippen molar-refractivity contribution in [2.75, 3.05) is 13.6 Å². The van der Waals surface area contributed by atoms with Gasteiger partial charge >= 0.3 is 5.97 Å². The predicted octanol–water partition coefficient (Wildman–Crippen LogP) is 1.83. The Morgan fingerprint density at radius 2 is 2.21 bits per heavy atom. The Morgan fingerprint density at radius 3 is 2.64 bits per heavy atom. The Bertz CT molecular complexity index is 205. The second-order valence-electron chi connectivity index (χ2n) is 4.65. The first kappa shape index (κ1) is 11.5. The van der Waals surface area contributed by atoms with Crippen LogP contribution >= 0.6 is 0 Å². The monoisotopic (exact) mass is 199 g/mol. The third-order valence-electron chi connectivity index (χ3n) is 3.37. The first-order valence-corrected chi connectivity index (χ1v) is 5.45. The normalized spacial score (nSPS) is 29.4. The highest BCUT2D eigenvalue weighted by atomic mass is 16.4. The Labute approximate surface area is 86.1 Å². The number of aliphatic carboxylic acids is 1. The molecule has 1 aliphatic carbocycles. The largest absolute Gasteiger partial charge is 0.481 e. The molecule has 0 aromatic heterocycles. The molecular formula is C11H21NO2. The van der Waals surface area contributed by atoms with E-state index in [1.54, 1.807) is 6.92 Å². The Morgan fingerprint density at radius 1 is 1.57 bits per heavy atom. The zero-order valence-electron chi connectivity index (χ0n) is 9.36. The van der Waals surface area contributed by atoms with E-state index in [-0.39, 0.29) is 5.92 Å². The highest BCUT2D eigenvalue weighted by molar-refractivity contribution is 5.69. The summed E-state index contributed by atoms with van der Waals surface area (Å²) < 4.78 is 0. The summed E-state index contributed by atoms with van der Waals surface area (Å²) in [5, 5.41) is 8.81. The maximum atomic E-state index is 10.7. The molecule has 0 aromatic carbocycles. The first-order chi connectivity index (χ1) is 6.52. The quantitative estimate of drug-likeness (QED) is 0.751. The van der Waals surface area contributed by atoms with Crippen LogP contribution in [0.3, 0.4) is 0 Å². The standard InChI is InChI=1S/C11H21NO2/c1-8-5-4-6-10(8)12(3)7-9(2)11(13)14/h8-10H,4-7H2,1-3H3,(H,13,14). The van der Waals surface area contributed by atoms with E-state index in [1.165, 1.54) is 19.3 Å². The molecule has 0 radical (unpaired) electrons. The van der Waals surface area contributed by atoms with Crippen molar-refractivity contribution in [2.24, 2.45) is 11.8 Å². The molecule has 3 unspecified atom stereocenters. The second-order valence-corrected chi connectivity index (χ2v) is 4.65. The number of carboxylic acids is 1. The van der Waals surface area contributed by atoms with Gasteiger partial charge in [-0.2, -0.15) is 0 Å². The topological polar surface area (TPSA) is 40.5 Å². The van der Waals surface area contributed by atoms with Crippen LogP contribution in [0.2, 0.25) is 0 Å². The van der Waals surface area contributed by atoms with Crippen molar-refractivity contribution in [1.82, 2.24) is 4.90 Å². The van der Waals surface area contributed by atoms with Crippen LogP contribution in [0.4, 0.5) is 0 Å². The van der Waals surface area contributed by atoms with Crippen LogP contribution in [0.25, 0.3) is 0 Å². The maximum absolute atomic E-state index is 10.7. The fraction of sp³-hybridized carbons (Fsp3) is 0.909. The molecule has 3 heteroatoms. The van der Waals surface area contributed by atoms with Gasteiger partial charge in [0.25, 0.3) is 0 Å². The molecule has 1 aliphatic rings. The predicted molar refractivity (Wildman–Crippen MR) is 56.2 cm³/mol. The van der Waals surface area contributed by atoms with Crippen molar-refractivity contribution < 1.29 is 9.90 Å². The molecule has 14 heavy (non-hydrogen) atoms. The molecule has 0 heterocycles. The molecule has 82 valence electrons. The van der Waals surface area contributed by atoms with Gasteiger partial charge in [0.1, 0.15) is 0 Å². The van der Waals surface area contributed by atoms with Crippen LogP contribution in [-0.2, 0) is 4.79 Å². The number of carboxylic acid groups (broad SMARTS) is 1. The Hall–Kier alpha value is -0.570. The number of hydrogen-bond donors (Lipinski definition) is 1. The molecule has 1 fully saturated rings. The van der Waals surface area contributed by atoms with Crippen molar-refractivity contribution in [3.05, 3.63) is 0 Å². The van der Waals surface area contributed by atoms with Gasteiger partial charge in [-0.05, 0) is 25.8 Å². The summed E-state index contributed by atoms with van der Waals surface area (Å²) in [4.78, 5) is 12.9. The third-order valence-corrected chi connectivity index (χ3v) is 3.37. The van der Waals surface area contributed by atoms with Gasteiger partial charge in [0.05, 0.1) is 5.92 Å². The number of nitrogens with zero attached hydrogens (tertiary/aromatic N) is 1. The average Bonchev–Trinajstić information content (AvgIpc) is 2.51. The van der Waals surface area contributed by atoms with Crippen LogP contribution in [0.15, 0.2) is 0 Å². The lowest BCUT2D eigenvalue weighted by atomic mass is 10.0. The molecule has 0 aliphatic heterocycles. The summed E-state index contributed by atoms with van der Waals surface area (Å²) in [7, 11) is 2.05. The molecule has 0 amide bonds. The van der Waals surface area contributed by atoms with Crippen LogP contribution < -0.4 is 0 Å². The lowest BCUT2D eigenvalue weighted by molar-refractivity contribution is -0.141. The van der Waals surface area contributed by atoms with Gasteiger partial charge in [0.2, 0.25) is 0 Å². The van der Waals surface area contributed by atoms with Gasteiger partial charge in [0.15, 0.2) is 0 Å². The van der Waals surface area contributed by atoms with Gasteiger partial charge in [0, 0.05) is 12.6 Å². The van der Waals surface area contributed by atoms with Crippen molar-refractivity contribution >= 4 is 5.97 Å². The summed E-state index contributed by atoms with van der Waals surface area (Å²) in [6.45, 7) is 4.71. The van der Waals surface area contributed by atoms with E-state index in [1.807, 2.05) is 7.05 Å². The average molecular weight is 199 g/mol. The molecule has 3 atom stereocenters. The van der Waals surface area contributed by atoms with E-state index in [4.69, 9.17) is 5.11 Å². The first-order valence-electron chi connectivity index (χ1n) is 5.45. The third kappa shape index (κ3) is 2.71. The Kier molecular flexibility index (Phi) is 3.93. The molecular weight excluding hydrogens is 178 g/mol. The summed E-state index contributed by atoms with van der Waals surface area (Å²) in [5.41, 5.74) is 0. The van der Waals surface area contributed by atoms with E-state index >= 15 is 0 Å². The minimum Gasteiger partial charge on any atom is -0.481 e. The molecule has 0 bridgehead atoms. The van der Waals surface area contributed by atoms with Gasteiger partial charge in [-0.3, -0.25) is 4.79 Å². The zero-order chi connectivity index (χ0) is 10.7. The molecule has 0 aromatic rings. The van der Waals surface area contributed by atoms with Gasteiger partial charge in [-0.25, -0.2) is 0 Å². The van der Waals surface area contributed by atoms with E-state index in [2.05, 4.69) is 11.8 Å². The fourth-order valence-electron chi connectivity index (χ4n) is 2.43. The summed E-state index contributed by atoms with van der Waals surface area (Å²) in [6.07, 6.45) is 3.80. The molecule has 0 saturated heterocycles. The van der Waals surface area contributed by atoms with E-state index in [0.29, 0.717) is 12.6 Å². The van der Waals surface area contributed by atoms with E-state index in [0.717, 1.165) is 5.92 Å². The van der Waals surface area contributed by atoms with Gasteiger partial charge < -0.3 is 10.0 Å². The molecule has 1 saturated carbocycles. The van der Waals surface area contributed by atoms with Gasteiger partial charge in [-0.15, -0.1) is 0 Å². The number of rotatable bonds is 4. The van der Waals surface area contributed by atoms with Crippen molar-refractivity contribution in [2.45, 2.75) is 39.2 Å². The van der Waals surface area contributed by atoms with Crippen molar-refractivity contribution in [3.63, 3.8) is 0 Å². The van der Waals surface area contributed by atoms with E-state index in [9.17, 15) is 4.79 Å². The molecule has 1 rings (SSSR count). The highest BCUT2D eigenvalue weighted by Gasteiger charge is 2.28. The SMILES string of the molecule is CC(CN(C)C1CCCC1C)C(=O)O. The smallest absolute Gasteiger partial charge is 0.307 e. The summed E-state index contributed by atoms with van der Waals surface area (Å²) in [6, 6.07) is 0.594. The molecule has 0 spiro atoms. The van der Waals surface area contributed by atoms with Crippen LogP contribution in [0, 0.1) is 11.8 Å². The fourth-order valence-corrected chi connectivity index (χ4v) is 2.43. The van der Waals surface area contributed by atoms with Crippen LogP contribution in [0.1, 0.15) is 33.1 Å². The highest BCUT2D eigenvalue weighted by Crippen LogP contribution is 2.28. The lowest BCUT2D eigenvalue weighted by Crippen LogP contribution is -2.38. The molecule has 1 N–H and O–H groups in total. The zero-order valence-corrected chi connectivity index (χ0v) is 9.36. The van der Waals surface area contributed by atoms with Gasteiger partial charge in [-0.1, -0.05) is 20.3 Å². The number of carbonyl (C=O) groups is 1. The van der Waals surface area contributed by atoms with Crippen LogP contribution in [0.5, 0.6) is 0 Å². The minimum atomic E-state index is -0.692. The lowest BCUT2D eigenvalue weighted by Gasteiger charge is -2.29. The van der Waals surface area contributed by atoms with Crippen molar-refractivity contribution in [1.29, 1.82) is 0 Å².